The Morgan fingerprint density at radius 2 is 2.36 bits per heavy atom. The number of hydrogen-bond acceptors (Lipinski definition) is 2. The standard InChI is InChI=1S/C12H15NO/c1-2-11-5-9(1)6-12(11)13-7-10-3-4-14-8-10/h1-4,8-9,11-13H,5-7H2/t9-,11+,12?/m1/s1. The largest absolute Gasteiger partial charge is 0.472 e. The lowest BCUT2D eigenvalue weighted by atomic mass is 10.0. The van der Waals surface area contributed by atoms with Crippen LogP contribution in [0.1, 0.15) is 18.4 Å². The van der Waals surface area contributed by atoms with Crippen LogP contribution in [0.15, 0.2) is 35.2 Å². The van der Waals surface area contributed by atoms with Crippen molar-refractivity contribution < 1.29 is 4.42 Å². The van der Waals surface area contributed by atoms with Crippen molar-refractivity contribution in [1.82, 2.24) is 5.32 Å². The zero-order valence-corrected chi connectivity index (χ0v) is 8.15. The predicted molar refractivity (Wildman–Crippen MR) is 54.7 cm³/mol. The molecule has 0 radical (unpaired) electrons. The van der Waals surface area contributed by atoms with Crippen molar-refractivity contribution in [2.24, 2.45) is 11.8 Å². The molecular formula is C12H15NO. The molecule has 0 aliphatic heterocycles. The zero-order valence-electron chi connectivity index (χ0n) is 8.15. The SMILES string of the molecule is C1=C[C@H]2C[C@@H]1CC2NCc1ccoc1. The van der Waals surface area contributed by atoms with Crippen LogP contribution in [0.3, 0.4) is 0 Å². The van der Waals surface area contributed by atoms with Crippen molar-refractivity contribution in [3.05, 3.63) is 36.3 Å². The summed E-state index contributed by atoms with van der Waals surface area (Å²) in [7, 11) is 0. The number of furan rings is 1. The van der Waals surface area contributed by atoms with Crippen molar-refractivity contribution in [1.29, 1.82) is 0 Å². The summed E-state index contributed by atoms with van der Waals surface area (Å²) in [5, 5.41) is 3.60. The summed E-state index contributed by atoms with van der Waals surface area (Å²) >= 11 is 0. The van der Waals surface area contributed by atoms with Crippen molar-refractivity contribution in [2.45, 2.75) is 25.4 Å². The second-order valence-electron chi connectivity index (χ2n) is 4.40. The third-order valence-electron chi connectivity index (χ3n) is 3.43. The van der Waals surface area contributed by atoms with Crippen LogP contribution < -0.4 is 5.32 Å². The van der Waals surface area contributed by atoms with E-state index < -0.39 is 0 Å². The van der Waals surface area contributed by atoms with Crippen LogP contribution in [-0.4, -0.2) is 6.04 Å². The fourth-order valence-electron chi connectivity index (χ4n) is 2.66. The maximum absolute atomic E-state index is 5.04. The summed E-state index contributed by atoms with van der Waals surface area (Å²) in [6.45, 7) is 0.943. The molecule has 74 valence electrons. The number of allylic oxidation sites excluding steroid dienone is 1. The van der Waals surface area contributed by atoms with E-state index in [2.05, 4.69) is 17.5 Å². The van der Waals surface area contributed by atoms with E-state index in [9.17, 15) is 0 Å². The Morgan fingerprint density at radius 3 is 3.00 bits per heavy atom. The molecule has 0 saturated heterocycles. The van der Waals surface area contributed by atoms with Crippen LogP contribution in [-0.2, 0) is 6.54 Å². The van der Waals surface area contributed by atoms with Gasteiger partial charge < -0.3 is 9.73 Å². The van der Waals surface area contributed by atoms with Gasteiger partial charge in [-0.1, -0.05) is 12.2 Å². The molecule has 1 N–H and O–H groups in total. The Kier molecular flexibility index (Phi) is 1.95. The van der Waals surface area contributed by atoms with Gasteiger partial charge in [-0.2, -0.15) is 0 Å². The average Bonchev–Trinajstić information content (AvgIpc) is 2.91. The molecule has 3 atom stereocenters. The minimum atomic E-state index is 0.694. The summed E-state index contributed by atoms with van der Waals surface area (Å²) in [5.74, 6) is 1.63. The summed E-state index contributed by atoms with van der Waals surface area (Å²) in [6, 6.07) is 2.72. The Balaban J connectivity index is 1.57. The molecular weight excluding hydrogens is 174 g/mol. The van der Waals surface area contributed by atoms with E-state index >= 15 is 0 Å². The molecule has 1 heterocycles. The fraction of sp³-hybridized carbons (Fsp3) is 0.500. The molecule has 2 nitrogen and oxygen atoms in total. The van der Waals surface area contributed by atoms with Gasteiger partial charge in [-0.15, -0.1) is 0 Å². The van der Waals surface area contributed by atoms with Gasteiger partial charge in [0.25, 0.3) is 0 Å². The molecule has 1 unspecified atom stereocenters. The van der Waals surface area contributed by atoms with Gasteiger partial charge in [0.2, 0.25) is 0 Å². The monoisotopic (exact) mass is 189 g/mol. The van der Waals surface area contributed by atoms with Crippen LogP contribution in [0.25, 0.3) is 0 Å². The van der Waals surface area contributed by atoms with E-state index in [1.54, 1.807) is 6.26 Å². The molecule has 2 aliphatic carbocycles. The quantitative estimate of drug-likeness (QED) is 0.738. The van der Waals surface area contributed by atoms with Crippen LogP contribution >= 0.6 is 0 Å². The van der Waals surface area contributed by atoms with E-state index in [0.29, 0.717) is 6.04 Å². The first kappa shape index (κ1) is 8.30. The molecule has 2 heteroatoms. The minimum Gasteiger partial charge on any atom is -0.472 e. The highest BCUT2D eigenvalue weighted by Crippen LogP contribution is 2.38. The first-order chi connectivity index (χ1) is 6.92. The minimum absolute atomic E-state index is 0.694. The Morgan fingerprint density at radius 1 is 1.36 bits per heavy atom. The molecule has 0 spiro atoms. The lowest BCUT2D eigenvalue weighted by Crippen LogP contribution is -2.31. The molecule has 1 aromatic rings. The van der Waals surface area contributed by atoms with Gasteiger partial charge in [-0.25, -0.2) is 0 Å². The van der Waals surface area contributed by atoms with E-state index in [-0.39, 0.29) is 0 Å². The highest BCUT2D eigenvalue weighted by molar-refractivity contribution is 5.13. The lowest BCUT2D eigenvalue weighted by molar-refractivity contribution is 0.448. The first-order valence-corrected chi connectivity index (χ1v) is 5.34. The second kappa shape index (κ2) is 3.28. The Labute approximate surface area is 84.0 Å². The first-order valence-electron chi connectivity index (χ1n) is 5.34. The van der Waals surface area contributed by atoms with E-state index in [0.717, 1.165) is 18.4 Å². The zero-order chi connectivity index (χ0) is 9.38. The average molecular weight is 189 g/mol. The van der Waals surface area contributed by atoms with E-state index in [1.165, 1.54) is 18.4 Å². The molecule has 1 aromatic heterocycles. The van der Waals surface area contributed by atoms with Crippen LogP contribution in [0.5, 0.6) is 0 Å². The van der Waals surface area contributed by atoms with Crippen LogP contribution in [0.4, 0.5) is 0 Å². The van der Waals surface area contributed by atoms with Gasteiger partial charge in [0.05, 0.1) is 12.5 Å². The number of fused-ring (bicyclic) bond motifs is 2. The number of hydrogen-bond donors (Lipinski definition) is 1. The van der Waals surface area contributed by atoms with Gasteiger partial charge >= 0.3 is 0 Å². The third kappa shape index (κ3) is 1.40. The van der Waals surface area contributed by atoms with Gasteiger partial charge in [-0.05, 0) is 30.7 Å². The Hall–Kier alpha value is -1.02. The lowest BCUT2D eigenvalue weighted by Gasteiger charge is -2.19. The normalized spacial score (nSPS) is 34.1. The van der Waals surface area contributed by atoms with Crippen molar-refractivity contribution >= 4 is 0 Å². The molecule has 2 bridgehead atoms. The van der Waals surface area contributed by atoms with Crippen LogP contribution in [0.2, 0.25) is 0 Å². The highest BCUT2D eigenvalue weighted by atomic mass is 16.3. The number of nitrogens with one attached hydrogen (secondary N) is 1. The molecule has 14 heavy (non-hydrogen) atoms. The topological polar surface area (TPSA) is 25.2 Å². The summed E-state index contributed by atoms with van der Waals surface area (Å²) in [5.41, 5.74) is 1.25. The summed E-state index contributed by atoms with van der Waals surface area (Å²) < 4.78 is 5.04. The maximum Gasteiger partial charge on any atom is 0.0947 e. The van der Waals surface area contributed by atoms with Gasteiger partial charge in [0.1, 0.15) is 0 Å². The van der Waals surface area contributed by atoms with Crippen molar-refractivity contribution in [2.75, 3.05) is 0 Å². The number of rotatable bonds is 3. The maximum atomic E-state index is 5.04. The molecule has 1 saturated carbocycles. The van der Waals surface area contributed by atoms with Crippen LogP contribution in [0, 0.1) is 11.8 Å². The third-order valence-corrected chi connectivity index (χ3v) is 3.43. The highest BCUT2D eigenvalue weighted by Gasteiger charge is 2.34. The predicted octanol–water partition coefficient (Wildman–Crippen LogP) is 2.33. The van der Waals surface area contributed by atoms with Gasteiger partial charge in [-0.3, -0.25) is 0 Å². The van der Waals surface area contributed by atoms with Crippen molar-refractivity contribution in [3.63, 3.8) is 0 Å². The Bertz CT molecular complexity index is 328. The molecule has 0 amide bonds. The fourth-order valence-corrected chi connectivity index (χ4v) is 2.66. The molecule has 0 aromatic carbocycles. The summed E-state index contributed by atoms with van der Waals surface area (Å²) in [6.07, 6.45) is 11.0. The van der Waals surface area contributed by atoms with Crippen molar-refractivity contribution in [3.8, 4) is 0 Å². The molecule has 3 rings (SSSR count). The molecule has 2 aliphatic rings. The molecule has 1 fully saturated rings. The smallest absolute Gasteiger partial charge is 0.0947 e. The van der Waals surface area contributed by atoms with E-state index in [1.807, 2.05) is 12.3 Å². The van der Waals surface area contributed by atoms with Gasteiger partial charge in [0, 0.05) is 18.2 Å². The second-order valence-corrected chi connectivity index (χ2v) is 4.40. The van der Waals surface area contributed by atoms with Gasteiger partial charge in [0.15, 0.2) is 0 Å². The summed E-state index contributed by atoms with van der Waals surface area (Å²) in [4.78, 5) is 0. The van der Waals surface area contributed by atoms with E-state index in [4.69, 9.17) is 4.42 Å².